The van der Waals surface area contributed by atoms with Gasteiger partial charge in [-0.15, -0.1) is 0 Å². The molecular formula is C8H7ClF3NO. The van der Waals surface area contributed by atoms with Gasteiger partial charge in [0.15, 0.2) is 5.75 Å². The van der Waals surface area contributed by atoms with Crippen molar-refractivity contribution < 1.29 is 17.9 Å². The standard InChI is InChI=1S/C8H7ClF3NO/c1-14-7-4(9)2-3-5(13)6(7)8(10,11)12/h2-3H,13H2,1H3. The van der Waals surface area contributed by atoms with E-state index in [0.717, 1.165) is 13.2 Å². The van der Waals surface area contributed by atoms with Gasteiger partial charge in [0.05, 0.1) is 12.1 Å². The minimum absolute atomic E-state index is 0.117. The lowest BCUT2D eigenvalue weighted by molar-refractivity contribution is -0.138. The van der Waals surface area contributed by atoms with Crippen LogP contribution in [0.25, 0.3) is 0 Å². The van der Waals surface area contributed by atoms with E-state index in [9.17, 15) is 13.2 Å². The summed E-state index contributed by atoms with van der Waals surface area (Å²) in [5, 5.41) is -0.117. The summed E-state index contributed by atoms with van der Waals surface area (Å²) >= 11 is 5.53. The van der Waals surface area contributed by atoms with Crippen molar-refractivity contribution in [2.75, 3.05) is 12.8 Å². The van der Waals surface area contributed by atoms with Crippen LogP contribution in [0.2, 0.25) is 5.02 Å². The van der Waals surface area contributed by atoms with Crippen LogP contribution in [0.4, 0.5) is 18.9 Å². The van der Waals surface area contributed by atoms with Crippen LogP contribution in [-0.4, -0.2) is 7.11 Å². The number of alkyl halides is 3. The SMILES string of the molecule is COc1c(Cl)ccc(N)c1C(F)(F)F. The predicted octanol–water partition coefficient (Wildman–Crippen LogP) is 2.95. The van der Waals surface area contributed by atoms with Gasteiger partial charge in [-0.25, -0.2) is 0 Å². The van der Waals surface area contributed by atoms with Crippen molar-refractivity contribution in [1.29, 1.82) is 0 Å². The fourth-order valence-corrected chi connectivity index (χ4v) is 1.30. The molecule has 0 radical (unpaired) electrons. The van der Waals surface area contributed by atoms with Crippen molar-refractivity contribution in [1.82, 2.24) is 0 Å². The Labute approximate surface area is 83.4 Å². The fourth-order valence-electron chi connectivity index (χ4n) is 1.06. The molecule has 0 aliphatic rings. The van der Waals surface area contributed by atoms with E-state index in [4.69, 9.17) is 17.3 Å². The molecule has 0 bridgehead atoms. The van der Waals surface area contributed by atoms with E-state index in [1.807, 2.05) is 0 Å². The van der Waals surface area contributed by atoms with Gasteiger partial charge < -0.3 is 10.5 Å². The van der Waals surface area contributed by atoms with Gasteiger partial charge in [0.2, 0.25) is 0 Å². The first-order chi connectivity index (χ1) is 6.38. The zero-order valence-corrected chi connectivity index (χ0v) is 7.91. The first kappa shape index (κ1) is 11.0. The summed E-state index contributed by atoms with van der Waals surface area (Å²) in [5.41, 5.74) is 3.75. The maximum atomic E-state index is 12.5. The molecule has 0 aromatic heterocycles. The smallest absolute Gasteiger partial charge is 0.422 e. The van der Waals surface area contributed by atoms with E-state index >= 15 is 0 Å². The molecule has 1 rings (SSSR count). The number of anilines is 1. The van der Waals surface area contributed by atoms with Gasteiger partial charge in [-0.2, -0.15) is 13.2 Å². The molecule has 0 atom stereocenters. The highest BCUT2D eigenvalue weighted by Gasteiger charge is 2.37. The number of benzene rings is 1. The number of hydrogen-bond donors (Lipinski definition) is 1. The highest BCUT2D eigenvalue weighted by Crippen LogP contribution is 2.43. The minimum Gasteiger partial charge on any atom is -0.494 e. The number of nitrogens with two attached hydrogens (primary N) is 1. The number of rotatable bonds is 1. The van der Waals surface area contributed by atoms with Gasteiger partial charge >= 0.3 is 6.18 Å². The van der Waals surface area contributed by atoms with Gasteiger partial charge in [-0.05, 0) is 12.1 Å². The number of hydrogen-bond acceptors (Lipinski definition) is 2. The molecule has 78 valence electrons. The number of methoxy groups -OCH3 is 1. The highest BCUT2D eigenvalue weighted by atomic mass is 35.5. The molecule has 1 aromatic carbocycles. The lowest BCUT2D eigenvalue weighted by atomic mass is 10.1. The summed E-state index contributed by atoms with van der Waals surface area (Å²) < 4.78 is 41.9. The molecule has 0 saturated carbocycles. The third-order valence-corrected chi connectivity index (χ3v) is 1.93. The van der Waals surface area contributed by atoms with E-state index in [0.29, 0.717) is 0 Å². The average Bonchev–Trinajstić information content (AvgIpc) is 2.06. The van der Waals surface area contributed by atoms with Crippen LogP contribution in [-0.2, 0) is 6.18 Å². The second-order valence-electron chi connectivity index (χ2n) is 2.54. The van der Waals surface area contributed by atoms with E-state index < -0.39 is 23.2 Å². The van der Waals surface area contributed by atoms with Gasteiger partial charge in [-0.3, -0.25) is 0 Å². The Balaban J connectivity index is 3.46. The fraction of sp³-hybridized carbons (Fsp3) is 0.250. The van der Waals surface area contributed by atoms with Crippen LogP contribution in [0.3, 0.4) is 0 Å². The van der Waals surface area contributed by atoms with Gasteiger partial charge in [0, 0.05) is 5.69 Å². The first-order valence-electron chi connectivity index (χ1n) is 3.57. The van der Waals surface area contributed by atoms with Crippen LogP contribution in [0.15, 0.2) is 12.1 Å². The Morgan fingerprint density at radius 1 is 1.36 bits per heavy atom. The summed E-state index contributed by atoms with van der Waals surface area (Å²) in [6.07, 6.45) is -4.57. The van der Waals surface area contributed by atoms with E-state index in [2.05, 4.69) is 4.74 Å². The third-order valence-electron chi connectivity index (χ3n) is 1.63. The van der Waals surface area contributed by atoms with E-state index in [1.165, 1.54) is 6.07 Å². The summed E-state index contributed by atoms with van der Waals surface area (Å²) in [7, 11) is 1.11. The Kier molecular flexibility index (Phi) is 2.80. The van der Waals surface area contributed by atoms with Crippen LogP contribution < -0.4 is 10.5 Å². The lowest BCUT2D eigenvalue weighted by Gasteiger charge is -2.15. The molecule has 14 heavy (non-hydrogen) atoms. The van der Waals surface area contributed by atoms with Crippen molar-refractivity contribution in [3.63, 3.8) is 0 Å². The maximum absolute atomic E-state index is 12.5. The summed E-state index contributed by atoms with van der Waals surface area (Å²) in [4.78, 5) is 0. The van der Waals surface area contributed by atoms with E-state index in [-0.39, 0.29) is 5.02 Å². The first-order valence-corrected chi connectivity index (χ1v) is 3.95. The van der Waals surface area contributed by atoms with Crippen molar-refractivity contribution >= 4 is 17.3 Å². The molecule has 6 heteroatoms. The van der Waals surface area contributed by atoms with Crippen molar-refractivity contribution in [2.24, 2.45) is 0 Å². The Hall–Kier alpha value is -1.10. The van der Waals surface area contributed by atoms with Gasteiger partial charge in [-0.1, -0.05) is 11.6 Å². The summed E-state index contributed by atoms with van der Waals surface area (Å²) in [6.45, 7) is 0. The van der Waals surface area contributed by atoms with Crippen molar-refractivity contribution in [3.8, 4) is 5.75 Å². The molecule has 0 aliphatic heterocycles. The number of ether oxygens (including phenoxy) is 1. The van der Waals surface area contributed by atoms with Crippen LogP contribution >= 0.6 is 11.6 Å². The highest BCUT2D eigenvalue weighted by molar-refractivity contribution is 6.32. The van der Waals surface area contributed by atoms with Gasteiger partial charge in [0.25, 0.3) is 0 Å². The number of halogens is 4. The second-order valence-corrected chi connectivity index (χ2v) is 2.95. The van der Waals surface area contributed by atoms with Crippen molar-refractivity contribution in [2.45, 2.75) is 6.18 Å². The monoisotopic (exact) mass is 225 g/mol. The van der Waals surface area contributed by atoms with Gasteiger partial charge in [0.1, 0.15) is 5.56 Å². The Morgan fingerprint density at radius 2 is 1.93 bits per heavy atom. The lowest BCUT2D eigenvalue weighted by Crippen LogP contribution is -2.11. The normalized spacial score (nSPS) is 11.5. The molecule has 0 spiro atoms. The molecule has 0 amide bonds. The minimum atomic E-state index is -4.57. The van der Waals surface area contributed by atoms with Crippen molar-refractivity contribution in [3.05, 3.63) is 22.7 Å². The molecule has 2 nitrogen and oxygen atoms in total. The molecule has 1 aromatic rings. The van der Waals surface area contributed by atoms with Crippen LogP contribution in [0.5, 0.6) is 5.75 Å². The zero-order chi connectivity index (χ0) is 10.9. The quantitative estimate of drug-likeness (QED) is 0.746. The van der Waals surface area contributed by atoms with Crippen LogP contribution in [0.1, 0.15) is 5.56 Å². The molecule has 0 unspecified atom stereocenters. The second kappa shape index (κ2) is 3.57. The molecular weight excluding hydrogens is 219 g/mol. The van der Waals surface area contributed by atoms with Crippen LogP contribution in [0, 0.1) is 0 Å². The van der Waals surface area contributed by atoms with E-state index in [1.54, 1.807) is 0 Å². The summed E-state index contributed by atoms with van der Waals surface area (Å²) in [6, 6.07) is 2.35. The average molecular weight is 226 g/mol. The third kappa shape index (κ3) is 1.87. The molecule has 0 fully saturated rings. The number of nitrogen functional groups attached to an aromatic ring is 1. The maximum Gasteiger partial charge on any atom is 0.422 e. The summed E-state index contributed by atoms with van der Waals surface area (Å²) in [5.74, 6) is -0.445. The molecule has 0 saturated heterocycles. The topological polar surface area (TPSA) is 35.2 Å². The molecule has 2 N–H and O–H groups in total. The molecule has 0 aliphatic carbocycles. The Bertz CT molecular complexity index is 351. The Morgan fingerprint density at radius 3 is 2.29 bits per heavy atom. The largest absolute Gasteiger partial charge is 0.494 e. The molecule has 0 heterocycles. The predicted molar refractivity (Wildman–Crippen MR) is 47.4 cm³/mol. The zero-order valence-electron chi connectivity index (χ0n) is 7.15.